The summed E-state index contributed by atoms with van der Waals surface area (Å²) in [6.07, 6.45) is 0. The molecular formula is C12H13N5OS. The van der Waals surface area contributed by atoms with Crippen molar-refractivity contribution in [3.05, 3.63) is 35.7 Å². The van der Waals surface area contributed by atoms with Gasteiger partial charge < -0.3 is 10.5 Å². The molecule has 2 heterocycles. The van der Waals surface area contributed by atoms with Gasteiger partial charge in [-0.3, -0.25) is 0 Å². The number of rotatable bonds is 4. The van der Waals surface area contributed by atoms with Gasteiger partial charge in [0.15, 0.2) is 5.82 Å². The number of hydrogen-bond donors (Lipinski definition) is 1. The third kappa shape index (κ3) is 2.23. The first-order valence-electron chi connectivity index (χ1n) is 5.81. The van der Waals surface area contributed by atoms with Crippen molar-refractivity contribution in [3.8, 4) is 10.6 Å². The highest BCUT2D eigenvalue weighted by Crippen LogP contribution is 2.26. The van der Waals surface area contributed by atoms with Crippen LogP contribution in [0.2, 0.25) is 0 Å². The van der Waals surface area contributed by atoms with Crippen LogP contribution in [0, 0.1) is 0 Å². The van der Waals surface area contributed by atoms with Crippen LogP contribution in [0.4, 0.5) is 0 Å². The van der Waals surface area contributed by atoms with Gasteiger partial charge in [0.2, 0.25) is 4.96 Å². The molecule has 0 aliphatic heterocycles. The van der Waals surface area contributed by atoms with E-state index in [1.807, 2.05) is 24.3 Å². The van der Waals surface area contributed by atoms with Crippen LogP contribution in [-0.4, -0.2) is 26.9 Å². The first kappa shape index (κ1) is 12.2. The fraction of sp³-hybridized carbons (Fsp3) is 0.250. The van der Waals surface area contributed by atoms with Gasteiger partial charge >= 0.3 is 0 Å². The minimum Gasteiger partial charge on any atom is -0.377 e. The Kier molecular flexibility index (Phi) is 3.24. The molecular weight excluding hydrogens is 262 g/mol. The molecule has 2 aromatic heterocycles. The summed E-state index contributed by atoms with van der Waals surface area (Å²) in [5.41, 5.74) is 7.78. The highest BCUT2D eigenvalue weighted by Gasteiger charge is 2.12. The van der Waals surface area contributed by atoms with E-state index in [4.69, 9.17) is 10.5 Å². The zero-order valence-corrected chi connectivity index (χ0v) is 11.2. The van der Waals surface area contributed by atoms with Gasteiger partial charge in [-0.2, -0.15) is 9.61 Å². The lowest BCUT2D eigenvalue weighted by Crippen LogP contribution is -1.98. The number of nitrogens with zero attached hydrogens (tertiary/aromatic N) is 4. The maximum atomic E-state index is 5.65. The smallest absolute Gasteiger partial charge is 0.235 e. The lowest BCUT2D eigenvalue weighted by molar-refractivity contribution is 0.176. The van der Waals surface area contributed by atoms with Gasteiger partial charge in [-0.05, 0) is 11.6 Å². The molecule has 2 N–H and O–H groups in total. The molecule has 6 nitrogen and oxygen atoms in total. The van der Waals surface area contributed by atoms with E-state index in [2.05, 4.69) is 15.3 Å². The first-order chi connectivity index (χ1) is 9.31. The third-order valence-electron chi connectivity index (χ3n) is 2.74. The number of ether oxygens (including phenoxy) is 1. The van der Waals surface area contributed by atoms with Crippen LogP contribution < -0.4 is 5.73 Å². The summed E-state index contributed by atoms with van der Waals surface area (Å²) in [5.74, 6) is 0.704. The second-order valence-corrected chi connectivity index (χ2v) is 5.01. The molecule has 0 aliphatic carbocycles. The maximum absolute atomic E-state index is 5.65. The molecule has 0 saturated heterocycles. The predicted molar refractivity (Wildman–Crippen MR) is 72.7 cm³/mol. The number of hydrogen-bond acceptors (Lipinski definition) is 6. The average molecular weight is 275 g/mol. The molecule has 98 valence electrons. The van der Waals surface area contributed by atoms with Crippen LogP contribution in [0.5, 0.6) is 0 Å². The van der Waals surface area contributed by atoms with Gasteiger partial charge in [0, 0.05) is 19.2 Å². The topological polar surface area (TPSA) is 78.3 Å². The lowest BCUT2D eigenvalue weighted by Gasteiger charge is -1.99. The van der Waals surface area contributed by atoms with Crippen molar-refractivity contribution >= 4 is 16.3 Å². The Hall–Kier alpha value is -1.83. The fourth-order valence-electron chi connectivity index (χ4n) is 1.82. The standard InChI is InChI=1S/C12H13N5OS/c1-18-7-10-14-15-12-17(10)16-11(19-12)9-4-2-3-8(5-9)6-13/h2-5H,6-7,13H2,1H3. The first-order valence-corrected chi connectivity index (χ1v) is 6.63. The quantitative estimate of drug-likeness (QED) is 0.780. The van der Waals surface area contributed by atoms with Crippen molar-refractivity contribution in [3.63, 3.8) is 0 Å². The minimum atomic E-state index is 0.396. The van der Waals surface area contributed by atoms with E-state index in [9.17, 15) is 0 Å². The monoisotopic (exact) mass is 275 g/mol. The Morgan fingerprint density at radius 3 is 3.05 bits per heavy atom. The normalized spacial score (nSPS) is 11.3. The summed E-state index contributed by atoms with van der Waals surface area (Å²) < 4.78 is 6.79. The van der Waals surface area contributed by atoms with Crippen molar-refractivity contribution in [2.45, 2.75) is 13.2 Å². The molecule has 0 bridgehead atoms. The van der Waals surface area contributed by atoms with E-state index in [-0.39, 0.29) is 0 Å². The summed E-state index contributed by atoms with van der Waals surface area (Å²) in [7, 11) is 1.62. The van der Waals surface area contributed by atoms with E-state index >= 15 is 0 Å². The number of methoxy groups -OCH3 is 1. The zero-order chi connectivity index (χ0) is 13.2. The molecule has 1 aromatic carbocycles. The van der Waals surface area contributed by atoms with Gasteiger partial charge in [-0.1, -0.05) is 29.5 Å². The van der Waals surface area contributed by atoms with Crippen molar-refractivity contribution in [2.24, 2.45) is 5.73 Å². The molecule has 0 spiro atoms. The Labute approximate surface area is 113 Å². The Morgan fingerprint density at radius 1 is 1.37 bits per heavy atom. The average Bonchev–Trinajstić information content (AvgIpc) is 3.01. The van der Waals surface area contributed by atoms with Crippen molar-refractivity contribution < 1.29 is 4.74 Å². The van der Waals surface area contributed by atoms with E-state index in [0.717, 1.165) is 21.1 Å². The van der Waals surface area contributed by atoms with Gasteiger partial charge in [-0.25, -0.2) is 0 Å². The number of benzene rings is 1. The van der Waals surface area contributed by atoms with Crippen LogP contribution in [0.25, 0.3) is 15.5 Å². The van der Waals surface area contributed by atoms with Gasteiger partial charge in [0.1, 0.15) is 11.6 Å². The van der Waals surface area contributed by atoms with Crippen LogP contribution in [0.15, 0.2) is 24.3 Å². The molecule has 0 saturated carbocycles. The van der Waals surface area contributed by atoms with Crippen LogP contribution in [-0.2, 0) is 17.9 Å². The van der Waals surface area contributed by atoms with Gasteiger partial charge in [0.05, 0.1) is 0 Å². The number of fused-ring (bicyclic) bond motifs is 1. The highest BCUT2D eigenvalue weighted by molar-refractivity contribution is 7.19. The van der Waals surface area contributed by atoms with E-state index < -0.39 is 0 Å². The Bertz CT molecular complexity index is 705. The van der Waals surface area contributed by atoms with Crippen LogP contribution in [0.1, 0.15) is 11.4 Å². The molecule has 0 amide bonds. The van der Waals surface area contributed by atoms with E-state index in [1.165, 1.54) is 11.3 Å². The van der Waals surface area contributed by atoms with Crippen molar-refractivity contribution in [1.82, 2.24) is 19.8 Å². The second-order valence-electron chi connectivity index (χ2n) is 4.06. The third-order valence-corrected chi connectivity index (χ3v) is 3.69. The summed E-state index contributed by atoms with van der Waals surface area (Å²) in [6.45, 7) is 0.917. The van der Waals surface area contributed by atoms with E-state index in [1.54, 1.807) is 11.6 Å². The van der Waals surface area contributed by atoms with Crippen LogP contribution >= 0.6 is 11.3 Å². The largest absolute Gasteiger partial charge is 0.377 e. The molecule has 0 unspecified atom stereocenters. The molecule has 19 heavy (non-hydrogen) atoms. The Balaban J connectivity index is 2.04. The maximum Gasteiger partial charge on any atom is 0.235 e. The van der Waals surface area contributed by atoms with Crippen molar-refractivity contribution in [1.29, 1.82) is 0 Å². The summed E-state index contributed by atoms with van der Waals surface area (Å²) >= 11 is 1.50. The molecule has 3 aromatic rings. The van der Waals surface area contributed by atoms with Gasteiger partial charge in [0.25, 0.3) is 0 Å². The second kappa shape index (κ2) is 5.04. The molecule has 3 rings (SSSR count). The summed E-state index contributed by atoms with van der Waals surface area (Å²) in [5, 5.41) is 13.5. The Morgan fingerprint density at radius 2 is 2.26 bits per heavy atom. The SMILES string of the molecule is COCc1nnc2sc(-c3cccc(CN)c3)nn12. The minimum absolute atomic E-state index is 0.396. The number of aromatic nitrogens is 4. The zero-order valence-electron chi connectivity index (χ0n) is 10.4. The molecule has 0 radical (unpaired) electrons. The van der Waals surface area contributed by atoms with E-state index in [0.29, 0.717) is 19.0 Å². The molecule has 7 heteroatoms. The number of nitrogens with two attached hydrogens (primary N) is 1. The van der Waals surface area contributed by atoms with Crippen molar-refractivity contribution in [2.75, 3.05) is 7.11 Å². The molecule has 0 aliphatic rings. The fourth-order valence-corrected chi connectivity index (χ4v) is 2.68. The molecule has 0 atom stereocenters. The van der Waals surface area contributed by atoms with Crippen LogP contribution in [0.3, 0.4) is 0 Å². The highest BCUT2D eigenvalue weighted by atomic mass is 32.1. The molecule has 0 fully saturated rings. The summed E-state index contributed by atoms with van der Waals surface area (Å²) in [4.78, 5) is 0.764. The predicted octanol–water partition coefficient (Wildman–Crippen LogP) is 1.46. The van der Waals surface area contributed by atoms with Gasteiger partial charge in [-0.15, -0.1) is 10.2 Å². The lowest BCUT2D eigenvalue weighted by atomic mass is 10.1. The summed E-state index contributed by atoms with van der Waals surface area (Å²) in [6, 6.07) is 8.04.